The Kier molecular flexibility index (Phi) is 5.01. The summed E-state index contributed by atoms with van der Waals surface area (Å²) >= 11 is 0. The van der Waals surface area contributed by atoms with E-state index in [1.807, 2.05) is 37.4 Å². The first-order valence-corrected chi connectivity index (χ1v) is 7.28. The van der Waals surface area contributed by atoms with Crippen molar-refractivity contribution in [1.82, 2.24) is 0 Å². The lowest BCUT2D eigenvalue weighted by molar-refractivity contribution is -0.892. The first kappa shape index (κ1) is 14.1. The molecule has 1 saturated heterocycles. The van der Waals surface area contributed by atoms with Crippen molar-refractivity contribution < 1.29 is 4.65 Å². The number of unbranched alkanes of at least 4 members (excludes halogenated alkanes) is 1. The largest absolute Gasteiger partial charge is 0.633 e. The summed E-state index contributed by atoms with van der Waals surface area (Å²) in [6, 6.07) is 10.4. The number of hydrogen-bond acceptors (Lipinski definition) is 1. The van der Waals surface area contributed by atoms with Crippen molar-refractivity contribution in [1.29, 1.82) is 0 Å². The third-order valence-corrected chi connectivity index (χ3v) is 4.01. The van der Waals surface area contributed by atoms with Gasteiger partial charge < -0.3 is 9.85 Å². The average molecular weight is 257 g/mol. The second kappa shape index (κ2) is 6.75. The predicted molar refractivity (Wildman–Crippen MR) is 79.2 cm³/mol. The molecule has 1 aromatic carbocycles. The minimum absolute atomic E-state index is 0.0356. The van der Waals surface area contributed by atoms with Crippen molar-refractivity contribution in [3.63, 3.8) is 0 Å². The topological polar surface area (TPSA) is 23.1 Å². The lowest BCUT2D eigenvalue weighted by Gasteiger charge is -2.48. The van der Waals surface area contributed by atoms with Gasteiger partial charge in [0.05, 0.1) is 19.6 Å². The van der Waals surface area contributed by atoms with Crippen molar-refractivity contribution in [2.45, 2.75) is 44.6 Å². The van der Waals surface area contributed by atoms with Crippen LogP contribution in [-0.2, 0) is 0 Å². The molecule has 2 unspecified atom stereocenters. The van der Waals surface area contributed by atoms with Crippen molar-refractivity contribution in [3.8, 4) is 11.8 Å². The number of hydroxylamine groups is 3. The maximum absolute atomic E-state index is 12.2. The molecule has 0 amide bonds. The Morgan fingerprint density at radius 1 is 1.26 bits per heavy atom. The van der Waals surface area contributed by atoms with Crippen LogP contribution in [0.5, 0.6) is 0 Å². The van der Waals surface area contributed by atoms with E-state index in [9.17, 15) is 5.21 Å². The Morgan fingerprint density at radius 3 is 2.79 bits per heavy atom. The van der Waals surface area contributed by atoms with Gasteiger partial charge in [-0.1, -0.05) is 30.0 Å². The Balaban J connectivity index is 1.74. The van der Waals surface area contributed by atoms with Gasteiger partial charge in [0.2, 0.25) is 0 Å². The Morgan fingerprint density at radius 2 is 2.05 bits per heavy atom. The maximum atomic E-state index is 12.2. The molecule has 1 aliphatic rings. The molecule has 0 spiro atoms. The Bertz CT molecular complexity index is 441. The van der Waals surface area contributed by atoms with Gasteiger partial charge >= 0.3 is 0 Å². The lowest BCUT2D eigenvalue weighted by atomic mass is 9.97. The summed E-state index contributed by atoms with van der Waals surface area (Å²) in [6.45, 7) is 0.792. The molecule has 1 aliphatic heterocycles. The molecule has 2 heteroatoms. The molecule has 2 atom stereocenters. The number of nitrogens with zero attached hydrogens (tertiary/aromatic N) is 1. The van der Waals surface area contributed by atoms with Gasteiger partial charge in [0.15, 0.2) is 0 Å². The fourth-order valence-electron chi connectivity index (χ4n) is 2.79. The van der Waals surface area contributed by atoms with E-state index in [1.165, 1.54) is 6.42 Å². The molecule has 0 saturated carbocycles. The van der Waals surface area contributed by atoms with Crippen LogP contribution in [0.1, 0.15) is 44.1 Å². The standard InChI is InChI=1S/C17H23NO/c1-18(19)15-9-8-14-17(18)13-7-3-6-12-16-10-4-2-5-11-16/h2,4-5,10-11,17H,3,7-9,13-15H2,1H3. The van der Waals surface area contributed by atoms with Gasteiger partial charge in [-0.15, -0.1) is 0 Å². The van der Waals surface area contributed by atoms with Crippen LogP contribution < -0.4 is 0 Å². The minimum Gasteiger partial charge on any atom is -0.633 e. The van der Waals surface area contributed by atoms with Crippen molar-refractivity contribution >= 4 is 0 Å². The van der Waals surface area contributed by atoms with Crippen LogP contribution in [-0.4, -0.2) is 24.3 Å². The lowest BCUT2D eigenvalue weighted by Crippen LogP contribution is -2.50. The first-order valence-electron chi connectivity index (χ1n) is 7.28. The second-order valence-electron chi connectivity index (χ2n) is 5.61. The second-order valence-corrected chi connectivity index (χ2v) is 5.61. The van der Waals surface area contributed by atoms with E-state index in [1.54, 1.807) is 0 Å². The summed E-state index contributed by atoms with van der Waals surface area (Å²) in [5.41, 5.74) is 1.07. The fourth-order valence-corrected chi connectivity index (χ4v) is 2.79. The number of benzene rings is 1. The molecular formula is C17H23NO. The molecule has 102 valence electrons. The highest BCUT2D eigenvalue weighted by molar-refractivity contribution is 5.33. The van der Waals surface area contributed by atoms with Crippen LogP contribution in [0.4, 0.5) is 0 Å². The van der Waals surface area contributed by atoms with Gasteiger partial charge in [-0.25, -0.2) is 0 Å². The smallest absolute Gasteiger partial charge is 0.0885 e. The normalized spacial score (nSPS) is 26.5. The average Bonchev–Trinajstić information content (AvgIpc) is 2.41. The summed E-state index contributed by atoms with van der Waals surface area (Å²) < 4.78 is -0.0356. The van der Waals surface area contributed by atoms with Gasteiger partial charge in [0.25, 0.3) is 0 Å². The van der Waals surface area contributed by atoms with E-state index >= 15 is 0 Å². The summed E-state index contributed by atoms with van der Waals surface area (Å²) in [5.74, 6) is 6.38. The Labute approximate surface area is 116 Å². The molecule has 1 fully saturated rings. The van der Waals surface area contributed by atoms with Crippen LogP contribution in [0.2, 0.25) is 0 Å². The van der Waals surface area contributed by atoms with E-state index in [0.717, 1.165) is 44.2 Å². The third-order valence-electron chi connectivity index (χ3n) is 4.01. The molecule has 2 rings (SSSR count). The monoisotopic (exact) mass is 257 g/mol. The summed E-state index contributed by atoms with van der Waals surface area (Å²) in [5, 5.41) is 12.2. The maximum Gasteiger partial charge on any atom is 0.0885 e. The summed E-state index contributed by atoms with van der Waals surface area (Å²) in [4.78, 5) is 0. The molecule has 0 N–H and O–H groups in total. The highest BCUT2D eigenvalue weighted by Gasteiger charge is 2.27. The highest BCUT2D eigenvalue weighted by atomic mass is 16.5. The molecule has 0 aromatic heterocycles. The van der Waals surface area contributed by atoms with Crippen LogP contribution in [0.3, 0.4) is 0 Å². The van der Waals surface area contributed by atoms with Gasteiger partial charge in [-0.2, -0.15) is 0 Å². The zero-order chi connectivity index (χ0) is 13.6. The van der Waals surface area contributed by atoms with E-state index in [2.05, 4.69) is 11.8 Å². The molecule has 2 nitrogen and oxygen atoms in total. The van der Waals surface area contributed by atoms with Crippen LogP contribution >= 0.6 is 0 Å². The van der Waals surface area contributed by atoms with Crippen LogP contribution in [0, 0.1) is 17.0 Å². The first-order chi connectivity index (χ1) is 9.18. The SMILES string of the molecule is C[N+]1([O-])CCCCC1CCCC#Cc1ccccc1. The highest BCUT2D eigenvalue weighted by Crippen LogP contribution is 2.25. The zero-order valence-electron chi connectivity index (χ0n) is 11.8. The van der Waals surface area contributed by atoms with Gasteiger partial charge in [-0.05, 0) is 37.8 Å². The minimum atomic E-state index is -0.0356. The van der Waals surface area contributed by atoms with E-state index in [0.29, 0.717) is 6.04 Å². The number of likely N-dealkylation sites (tertiary alicyclic amines) is 1. The van der Waals surface area contributed by atoms with Crippen molar-refractivity contribution in [2.24, 2.45) is 0 Å². The molecule has 19 heavy (non-hydrogen) atoms. The number of piperidine rings is 1. The van der Waals surface area contributed by atoms with Crippen LogP contribution in [0.15, 0.2) is 30.3 Å². The predicted octanol–water partition coefficient (Wildman–Crippen LogP) is 3.71. The van der Waals surface area contributed by atoms with Gasteiger partial charge in [0.1, 0.15) is 0 Å². The molecule has 0 bridgehead atoms. The van der Waals surface area contributed by atoms with E-state index in [-0.39, 0.29) is 4.65 Å². The third kappa shape index (κ3) is 4.38. The molecule has 0 aliphatic carbocycles. The van der Waals surface area contributed by atoms with E-state index < -0.39 is 0 Å². The summed E-state index contributed by atoms with van der Waals surface area (Å²) in [6.07, 6.45) is 6.35. The number of rotatable bonds is 3. The van der Waals surface area contributed by atoms with Crippen LogP contribution in [0.25, 0.3) is 0 Å². The van der Waals surface area contributed by atoms with E-state index in [4.69, 9.17) is 0 Å². The van der Waals surface area contributed by atoms with Gasteiger partial charge in [-0.3, -0.25) is 0 Å². The zero-order valence-corrected chi connectivity index (χ0v) is 11.8. The molecule has 0 radical (unpaired) electrons. The number of hydrogen-bond donors (Lipinski definition) is 0. The quantitative estimate of drug-likeness (QED) is 0.350. The van der Waals surface area contributed by atoms with Crippen molar-refractivity contribution in [3.05, 3.63) is 41.1 Å². The van der Waals surface area contributed by atoms with Crippen molar-refractivity contribution in [2.75, 3.05) is 13.6 Å². The molecule has 1 heterocycles. The fraction of sp³-hybridized carbons (Fsp3) is 0.529. The van der Waals surface area contributed by atoms with Gasteiger partial charge in [0, 0.05) is 18.4 Å². The summed E-state index contributed by atoms with van der Waals surface area (Å²) in [7, 11) is 1.83. The molecule has 1 aromatic rings. The Hall–Kier alpha value is -1.30. The number of quaternary nitrogens is 1. The molecular weight excluding hydrogens is 234 g/mol.